The van der Waals surface area contributed by atoms with E-state index in [4.69, 9.17) is 9.47 Å². The highest BCUT2D eigenvalue weighted by Gasteiger charge is 2.13. The van der Waals surface area contributed by atoms with Crippen molar-refractivity contribution >= 4 is 5.91 Å². The minimum atomic E-state index is -0.732. The van der Waals surface area contributed by atoms with Gasteiger partial charge in [0, 0.05) is 25.5 Å². The fourth-order valence-electron chi connectivity index (χ4n) is 2.37. The number of aromatic nitrogens is 1. The van der Waals surface area contributed by atoms with Crippen LogP contribution in [0.2, 0.25) is 0 Å². The van der Waals surface area contributed by atoms with Crippen molar-refractivity contribution in [1.82, 2.24) is 9.88 Å². The van der Waals surface area contributed by atoms with Crippen LogP contribution in [0, 0.1) is 0 Å². The number of amides is 1. The molecule has 0 radical (unpaired) electrons. The maximum Gasteiger partial charge on any atom is 0.224 e. The molecule has 124 valence electrons. The fourth-order valence-corrected chi connectivity index (χ4v) is 2.37. The standard InChI is InChI=1S/C17H22N2O4/c1-19-8-4-5-13(19)14(20)11-18-17(21)10-12-6-7-15(22-2)16(9-12)23-3/h4-9,14,20H,10-11H2,1-3H3,(H,18,21). The fraction of sp³-hybridized carbons (Fsp3) is 0.353. The number of carbonyl (C=O) groups is 1. The normalized spacial score (nSPS) is 11.8. The zero-order valence-corrected chi connectivity index (χ0v) is 13.6. The molecule has 0 fully saturated rings. The molecule has 2 N–H and O–H groups in total. The summed E-state index contributed by atoms with van der Waals surface area (Å²) in [5.74, 6) is 1.04. The van der Waals surface area contributed by atoms with Crippen LogP contribution in [0.25, 0.3) is 0 Å². The van der Waals surface area contributed by atoms with Gasteiger partial charge in [-0.1, -0.05) is 6.07 Å². The first-order chi connectivity index (χ1) is 11.0. The van der Waals surface area contributed by atoms with Crippen LogP contribution >= 0.6 is 0 Å². The molecule has 2 rings (SSSR count). The summed E-state index contributed by atoms with van der Waals surface area (Å²) < 4.78 is 12.2. The predicted molar refractivity (Wildman–Crippen MR) is 86.6 cm³/mol. The second-order valence-electron chi connectivity index (χ2n) is 5.23. The van der Waals surface area contributed by atoms with Gasteiger partial charge in [0.15, 0.2) is 11.5 Å². The summed E-state index contributed by atoms with van der Waals surface area (Å²) in [6.45, 7) is 0.171. The summed E-state index contributed by atoms with van der Waals surface area (Å²) in [5.41, 5.74) is 1.57. The number of methoxy groups -OCH3 is 2. The van der Waals surface area contributed by atoms with Gasteiger partial charge < -0.3 is 24.5 Å². The lowest BCUT2D eigenvalue weighted by molar-refractivity contribution is -0.120. The van der Waals surface area contributed by atoms with E-state index in [1.807, 2.05) is 36.0 Å². The average Bonchev–Trinajstić information content (AvgIpc) is 2.98. The summed E-state index contributed by atoms with van der Waals surface area (Å²) in [6.07, 6.45) is 1.33. The summed E-state index contributed by atoms with van der Waals surface area (Å²) in [6, 6.07) is 9.02. The predicted octanol–water partition coefficient (Wildman–Crippen LogP) is 1.43. The molecule has 2 aromatic rings. The molecule has 1 aromatic carbocycles. The molecule has 0 spiro atoms. The lowest BCUT2D eigenvalue weighted by atomic mass is 10.1. The van der Waals surface area contributed by atoms with Crippen LogP contribution in [-0.2, 0) is 18.3 Å². The quantitative estimate of drug-likeness (QED) is 0.810. The number of aryl methyl sites for hydroxylation is 1. The third-order valence-electron chi connectivity index (χ3n) is 3.63. The maximum atomic E-state index is 12.0. The lowest BCUT2D eigenvalue weighted by Crippen LogP contribution is -2.30. The number of ether oxygens (including phenoxy) is 2. The Morgan fingerprint density at radius 1 is 1.26 bits per heavy atom. The average molecular weight is 318 g/mol. The van der Waals surface area contributed by atoms with Gasteiger partial charge in [-0.25, -0.2) is 0 Å². The monoisotopic (exact) mass is 318 g/mol. The molecule has 23 heavy (non-hydrogen) atoms. The van der Waals surface area contributed by atoms with E-state index >= 15 is 0 Å². The Morgan fingerprint density at radius 2 is 2.00 bits per heavy atom. The van der Waals surface area contributed by atoms with E-state index in [-0.39, 0.29) is 18.9 Å². The van der Waals surface area contributed by atoms with Crippen LogP contribution in [0.3, 0.4) is 0 Å². The highest BCUT2D eigenvalue weighted by atomic mass is 16.5. The molecule has 0 saturated heterocycles. The summed E-state index contributed by atoms with van der Waals surface area (Å²) in [5, 5.41) is 12.8. The zero-order valence-electron chi connectivity index (χ0n) is 13.6. The number of rotatable bonds is 7. The molecule has 0 aliphatic rings. The number of aliphatic hydroxyl groups excluding tert-OH is 1. The van der Waals surface area contributed by atoms with Crippen molar-refractivity contribution in [3.8, 4) is 11.5 Å². The molecule has 0 aliphatic carbocycles. The largest absolute Gasteiger partial charge is 0.493 e. The highest BCUT2D eigenvalue weighted by Crippen LogP contribution is 2.27. The summed E-state index contributed by atoms with van der Waals surface area (Å²) in [4.78, 5) is 12.0. The van der Waals surface area contributed by atoms with E-state index < -0.39 is 6.10 Å². The van der Waals surface area contributed by atoms with E-state index in [1.165, 1.54) is 0 Å². The van der Waals surface area contributed by atoms with Crippen molar-refractivity contribution in [2.24, 2.45) is 7.05 Å². The van der Waals surface area contributed by atoms with Crippen LogP contribution < -0.4 is 14.8 Å². The number of hydrogen-bond donors (Lipinski definition) is 2. The van der Waals surface area contributed by atoms with Crippen molar-refractivity contribution in [3.05, 3.63) is 47.8 Å². The second kappa shape index (κ2) is 7.69. The smallest absolute Gasteiger partial charge is 0.224 e. The molecule has 1 atom stereocenters. The topological polar surface area (TPSA) is 72.7 Å². The Hall–Kier alpha value is -2.47. The van der Waals surface area contributed by atoms with Crippen molar-refractivity contribution in [1.29, 1.82) is 0 Å². The van der Waals surface area contributed by atoms with E-state index in [9.17, 15) is 9.90 Å². The third kappa shape index (κ3) is 4.26. The number of hydrogen-bond acceptors (Lipinski definition) is 4. The Balaban J connectivity index is 1.91. The van der Waals surface area contributed by atoms with Gasteiger partial charge in [-0.15, -0.1) is 0 Å². The molecule has 0 bridgehead atoms. The molecule has 6 heteroatoms. The molecular formula is C17H22N2O4. The van der Waals surface area contributed by atoms with Crippen molar-refractivity contribution < 1.29 is 19.4 Å². The van der Waals surface area contributed by atoms with Gasteiger partial charge in [0.05, 0.1) is 20.6 Å². The highest BCUT2D eigenvalue weighted by molar-refractivity contribution is 5.78. The van der Waals surface area contributed by atoms with Crippen LogP contribution in [0.5, 0.6) is 11.5 Å². The SMILES string of the molecule is COc1ccc(CC(=O)NCC(O)c2cccn2C)cc1OC. The molecule has 1 unspecified atom stereocenters. The van der Waals surface area contributed by atoms with Gasteiger partial charge in [0.2, 0.25) is 5.91 Å². The molecule has 1 amide bonds. The van der Waals surface area contributed by atoms with Gasteiger partial charge in [-0.2, -0.15) is 0 Å². The number of carbonyl (C=O) groups excluding carboxylic acids is 1. The van der Waals surface area contributed by atoms with Gasteiger partial charge in [0.1, 0.15) is 6.10 Å². The zero-order chi connectivity index (χ0) is 16.8. The molecule has 1 heterocycles. The van der Waals surface area contributed by atoms with E-state index in [2.05, 4.69) is 5.32 Å². The lowest BCUT2D eigenvalue weighted by Gasteiger charge is -2.13. The molecule has 0 aliphatic heterocycles. The molecular weight excluding hydrogens is 296 g/mol. The Labute approximate surface area is 135 Å². The van der Waals surface area contributed by atoms with Crippen molar-refractivity contribution in [2.45, 2.75) is 12.5 Å². The molecule has 1 aromatic heterocycles. The van der Waals surface area contributed by atoms with E-state index in [0.717, 1.165) is 11.3 Å². The molecule has 6 nitrogen and oxygen atoms in total. The molecule has 0 saturated carbocycles. The minimum Gasteiger partial charge on any atom is -0.493 e. The Morgan fingerprint density at radius 3 is 2.61 bits per heavy atom. The Kier molecular flexibility index (Phi) is 5.65. The van der Waals surface area contributed by atoms with Gasteiger partial charge in [-0.3, -0.25) is 4.79 Å². The number of nitrogens with one attached hydrogen (secondary N) is 1. The van der Waals surface area contributed by atoms with Gasteiger partial charge in [-0.05, 0) is 29.8 Å². The summed E-state index contributed by atoms with van der Waals surface area (Å²) in [7, 11) is 4.97. The van der Waals surface area contributed by atoms with Crippen molar-refractivity contribution in [2.75, 3.05) is 20.8 Å². The van der Waals surface area contributed by atoms with Crippen LogP contribution in [0.15, 0.2) is 36.5 Å². The van der Waals surface area contributed by atoms with Crippen LogP contribution in [0.4, 0.5) is 0 Å². The third-order valence-corrected chi connectivity index (χ3v) is 3.63. The Bertz CT molecular complexity index is 666. The van der Waals surface area contributed by atoms with Gasteiger partial charge >= 0.3 is 0 Å². The first kappa shape index (κ1) is 16.9. The van der Waals surface area contributed by atoms with E-state index in [1.54, 1.807) is 26.4 Å². The first-order valence-electron chi connectivity index (χ1n) is 7.32. The van der Waals surface area contributed by atoms with Crippen molar-refractivity contribution in [3.63, 3.8) is 0 Å². The van der Waals surface area contributed by atoms with Crippen LogP contribution in [-0.4, -0.2) is 36.3 Å². The van der Waals surface area contributed by atoms with Gasteiger partial charge in [0.25, 0.3) is 0 Å². The number of aliphatic hydroxyl groups is 1. The number of nitrogens with zero attached hydrogens (tertiary/aromatic N) is 1. The number of benzene rings is 1. The minimum absolute atomic E-state index is 0.162. The van der Waals surface area contributed by atoms with Crippen LogP contribution in [0.1, 0.15) is 17.4 Å². The second-order valence-corrected chi connectivity index (χ2v) is 5.23. The first-order valence-corrected chi connectivity index (χ1v) is 7.32. The summed E-state index contributed by atoms with van der Waals surface area (Å²) >= 11 is 0. The van der Waals surface area contributed by atoms with E-state index in [0.29, 0.717) is 11.5 Å². The maximum absolute atomic E-state index is 12.0.